The Kier molecular flexibility index (Phi) is 3.63. The third kappa shape index (κ3) is 3.17. The second kappa shape index (κ2) is 4.74. The molecule has 0 N–H and O–H groups in total. The van der Waals surface area contributed by atoms with Crippen molar-refractivity contribution in [3.8, 4) is 0 Å². The number of aromatic nitrogens is 1. The summed E-state index contributed by atoms with van der Waals surface area (Å²) >= 11 is 0. The molecule has 0 atom stereocenters. The molecular weight excluding hydrogens is 178 g/mol. The summed E-state index contributed by atoms with van der Waals surface area (Å²) in [5.41, 5.74) is 3.00. The van der Waals surface area contributed by atoms with E-state index in [0.717, 1.165) is 17.8 Å². The summed E-state index contributed by atoms with van der Waals surface area (Å²) in [6.45, 7) is 5.70. The minimum Gasteiger partial charge on any atom is -0.459 e. The van der Waals surface area contributed by atoms with Gasteiger partial charge < -0.3 is 4.74 Å². The third-order valence-electron chi connectivity index (χ3n) is 1.90. The first-order valence-corrected chi connectivity index (χ1v) is 4.71. The lowest BCUT2D eigenvalue weighted by Gasteiger charge is -2.05. The molecule has 3 heteroatoms. The van der Waals surface area contributed by atoms with Crippen molar-refractivity contribution >= 4 is 5.97 Å². The van der Waals surface area contributed by atoms with Gasteiger partial charge in [-0.1, -0.05) is 6.92 Å². The molecule has 0 spiro atoms. The van der Waals surface area contributed by atoms with Gasteiger partial charge in [0.05, 0.1) is 5.69 Å². The Morgan fingerprint density at radius 2 is 2.21 bits per heavy atom. The quantitative estimate of drug-likeness (QED) is 0.689. The van der Waals surface area contributed by atoms with Crippen molar-refractivity contribution in [3.63, 3.8) is 0 Å². The largest absolute Gasteiger partial charge is 0.459 e. The van der Waals surface area contributed by atoms with Crippen LogP contribution in [0.1, 0.15) is 30.8 Å². The highest BCUT2D eigenvalue weighted by Crippen LogP contribution is 2.07. The fourth-order valence-electron chi connectivity index (χ4n) is 1.27. The molecule has 0 amide bonds. The van der Waals surface area contributed by atoms with Crippen molar-refractivity contribution in [2.75, 3.05) is 0 Å². The SMILES string of the molecule is CCc1cc(C)nc(COC(C)=O)c1. The fourth-order valence-corrected chi connectivity index (χ4v) is 1.27. The standard InChI is InChI=1S/C11H15NO2/c1-4-10-5-8(2)12-11(6-10)7-14-9(3)13/h5-6H,4,7H2,1-3H3. The molecule has 0 aromatic carbocycles. The normalized spacial score (nSPS) is 9.93. The lowest BCUT2D eigenvalue weighted by Crippen LogP contribution is -2.02. The second-order valence-corrected chi connectivity index (χ2v) is 3.24. The number of ether oxygens (including phenoxy) is 1. The molecule has 1 aromatic rings. The van der Waals surface area contributed by atoms with Crippen LogP contribution in [0.25, 0.3) is 0 Å². The molecule has 1 heterocycles. The monoisotopic (exact) mass is 193 g/mol. The van der Waals surface area contributed by atoms with Crippen LogP contribution in [0.5, 0.6) is 0 Å². The summed E-state index contributed by atoms with van der Waals surface area (Å²) in [6.07, 6.45) is 0.969. The zero-order chi connectivity index (χ0) is 10.6. The lowest BCUT2D eigenvalue weighted by molar-refractivity contribution is -0.142. The van der Waals surface area contributed by atoms with Crippen LogP contribution in [0.4, 0.5) is 0 Å². The smallest absolute Gasteiger partial charge is 0.303 e. The molecular formula is C11H15NO2. The number of carbonyl (C=O) groups excluding carboxylic acids is 1. The van der Waals surface area contributed by atoms with Crippen LogP contribution in [0.2, 0.25) is 0 Å². The van der Waals surface area contributed by atoms with E-state index in [1.807, 2.05) is 19.1 Å². The Bertz CT molecular complexity index is 334. The van der Waals surface area contributed by atoms with E-state index >= 15 is 0 Å². The Labute approximate surface area is 84.1 Å². The van der Waals surface area contributed by atoms with Crippen LogP contribution in [0.15, 0.2) is 12.1 Å². The van der Waals surface area contributed by atoms with Crippen LogP contribution in [-0.2, 0) is 22.6 Å². The van der Waals surface area contributed by atoms with E-state index in [1.165, 1.54) is 12.5 Å². The van der Waals surface area contributed by atoms with Gasteiger partial charge in [0.2, 0.25) is 0 Å². The molecule has 3 nitrogen and oxygen atoms in total. The Morgan fingerprint density at radius 3 is 2.79 bits per heavy atom. The molecule has 0 radical (unpaired) electrons. The molecule has 0 aliphatic heterocycles. The zero-order valence-corrected chi connectivity index (χ0v) is 8.83. The molecule has 76 valence electrons. The van der Waals surface area contributed by atoms with Crippen LogP contribution in [0.3, 0.4) is 0 Å². The van der Waals surface area contributed by atoms with Crippen LogP contribution >= 0.6 is 0 Å². The third-order valence-corrected chi connectivity index (χ3v) is 1.90. The minimum atomic E-state index is -0.272. The first kappa shape index (κ1) is 10.7. The summed E-state index contributed by atoms with van der Waals surface area (Å²) in [6, 6.07) is 4.01. The highest BCUT2D eigenvalue weighted by Gasteiger charge is 2.01. The van der Waals surface area contributed by atoms with Gasteiger partial charge in [0.1, 0.15) is 6.61 Å². The van der Waals surface area contributed by atoms with Crippen molar-refractivity contribution in [2.24, 2.45) is 0 Å². The maximum absolute atomic E-state index is 10.6. The van der Waals surface area contributed by atoms with Gasteiger partial charge in [-0.05, 0) is 31.0 Å². The number of carbonyl (C=O) groups is 1. The Balaban J connectivity index is 2.76. The van der Waals surface area contributed by atoms with E-state index in [0.29, 0.717) is 0 Å². The number of rotatable bonds is 3. The number of hydrogen-bond acceptors (Lipinski definition) is 3. The number of esters is 1. The molecule has 0 saturated carbocycles. The van der Waals surface area contributed by atoms with Gasteiger partial charge in [-0.15, -0.1) is 0 Å². The first-order valence-electron chi connectivity index (χ1n) is 4.71. The Hall–Kier alpha value is -1.38. The summed E-state index contributed by atoms with van der Waals surface area (Å²) in [5, 5.41) is 0. The van der Waals surface area contributed by atoms with Crippen LogP contribution < -0.4 is 0 Å². The predicted octanol–water partition coefficient (Wildman–Crippen LogP) is 2.02. The topological polar surface area (TPSA) is 39.2 Å². The Morgan fingerprint density at radius 1 is 1.50 bits per heavy atom. The van der Waals surface area contributed by atoms with Gasteiger partial charge in [-0.3, -0.25) is 9.78 Å². The molecule has 0 bridgehead atoms. The maximum Gasteiger partial charge on any atom is 0.303 e. The molecule has 0 fully saturated rings. The summed E-state index contributed by atoms with van der Waals surface area (Å²) in [4.78, 5) is 14.9. The average molecular weight is 193 g/mol. The molecule has 14 heavy (non-hydrogen) atoms. The van der Waals surface area contributed by atoms with E-state index < -0.39 is 0 Å². The highest BCUT2D eigenvalue weighted by molar-refractivity contribution is 5.65. The average Bonchev–Trinajstić information content (AvgIpc) is 2.14. The number of hydrogen-bond donors (Lipinski definition) is 0. The maximum atomic E-state index is 10.6. The number of pyridine rings is 1. The summed E-state index contributed by atoms with van der Waals surface area (Å²) in [5.74, 6) is -0.272. The van der Waals surface area contributed by atoms with Gasteiger partial charge >= 0.3 is 5.97 Å². The summed E-state index contributed by atoms with van der Waals surface area (Å²) in [7, 11) is 0. The zero-order valence-electron chi connectivity index (χ0n) is 8.83. The highest BCUT2D eigenvalue weighted by atomic mass is 16.5. The van der Waals surface area contributed by atoms with Crippen LogP contribution in [0, 0.1) is 6.92 Å². The summed E-state index contributed by atoms with van der Waals surface area (Å²) < 4.78 is 4.88. The van der Waals surface area contributed by atoms with E-state index in [4.69, 9.17) is 4.74 Å². The minimum absolute atomic E-state index is 0.268. The van der Waals surface area contributed by atoms with E-state index in [9.17, 15) is 4.79 Å². The van der Waals surface area contributed by atoms with Gasteiger partial charge in [0, 0.05) is 12.6 Å². The van der Waals surface area contributed by atoms with E-state index in [-0.39, 0.29) is 12.6 Å². The van der Waals surface area contributed by atoms with Crippen LogP contribution in [-0.4, -0.2) is 11.0 Å². The molecule has 1 aromatic heterocycles. The van der Waals surface area contributed by atoms with E-state index in [1.54, 1.807) is 0 Å². The number of aryl methyl sites for hydroxylation is 2. The van der Waals surface area contributed by atoms with Crippen molar-refractivity contribution in [2.45, 2.75) is 33.8 Å². The molecule has 0 saturated heterocycles. The lowest BCUT2D eigenvalue weighted by atomic mass is 10.1. The van der Waals surface area contributed by atoms with Crippen molar-refractivity contribution < 1.29 is 9.53 Å². The number of nitrogens with zero attached hydrogens (tertiary/aromatic N) is 1. The van der Waals surface area contributed by atoms with Crippen molar-refractivity contribution in [1.29, 1.82) is 0 Å². The van der Waals surface area contributed by atoms with Gasteiger partial charge in [-0.25, -0.2) is 0 Å². The molecule has 0 aliphatic carbocycles. The van der Waals surface area contributed by atoms with Crippen molar-refractivity contribution in [1.82, 2.24) is 4.98 Å². The molecule has 0 unspecified atom stereocenters. The predicted molar refractivity (Wildman–Crippen MR) is 53.8 cm³/mol. The molecule has 0 aliphatic rings. The van der Waals surface area contributed by atoms with Gasteiger partial charge in [0.15, 0.2) is 0 Å². The second-order valence-electron chi connectivity index (χ2n) is 3.24. The van der Waals surface area contributed by atoms with Gasteiger partial charge in [0.25, 0.3) is 0 Å². The van der Waals surface area contributed by atoms with Gasteiger partial charge in [-0.2, -0.15) is 0 Å². The molecule has 1 rings (SSSR count). The fraction of sp³-hybridized carbons (Fsp3) is 0.455. The van der Waals surface area contributed by atoms with E-state index in [2.05, 4.69) is 11.9 Å². The van der Waals surface area contributed by atoms with Crippen molar-refractivity contribution in [3.05, 3.63) is 29.1 Å². The first-order chi connectivity index (χ1) is 6.61.